The molecule has 1 aliphatic carbocycles. The predicted molar refractivity (Wildman–Crippen MR) is 55.5 cm³/mol. The molecule has 0 heterocycles. The third-order valence-corrected chi connectivity index (χ3v) is 2.72. The first-order valence-electron chi connectivity index (χ1n) is 5.08. The molecular weight excluding hydrogens is 192 g/mol. The molecule has 0 radical (unpaired) electrons. The Morgan fingerprint density at radius 2 is 2.27 bits per heavy atom. The van der Waals surface area contributed by atoms with Gasteiger partial charge in [0.2, 0.25) is 0 Å². The van der Waals surface area contributed by atoms with Gasteiger partial charge in [0.05, 0.1) is 18.8 Å². The molecule has 0 amide bonds. The molecule has 1 aromatic carbocycles. The van der Waals surface area contributed by atoms with Crippen molar-refractivity contribution in [1.29, 1.82) is 0 Å². The minimum atomic E-state index is -0.436. The van der Waals surface area contributed by atoms with Crippen molar-refractivity contribution in [1.82, 2.24) is 0 Å². The largest absolute Gasteiger partial charge is 0.465 e. The van der Waals surface area contributed by atoms with Crippen LogP contribution in [0.15, 0.2) is 24.3 Å². The molecule has 3 heteroatoms. The smallest absolute Gasteiger partial charge is 0.337 e. The van der Waals surface area contributed by atoms with Crippen molar-refractivity contribution in [3.8, 4) is 0 Å². The molecule has 1 unspecified atom stereocenters. The van der Waals surface area contributed by atoms with E-state index in [1.807, 2.05) is 6.07 Å². The third-order valence-electron chi connectivity index (χ3n) is 2.72. The van der Waals surface area contributed by atoms with Crippen molar-refractivity contribution >= 4 is 5.97 Å². The van der Waals surface area contributed by atoms with Crippen LogP contribution < -0.4 is 0 Å². The van der Waals surface area contributed by atoms with Gasteiger partial charge in [-0.15, -0.1) is 0 Å². The predicted octanol–water partition coefficient (Wildman–Crippen LogP) is 1.92. The van der Waals surface area contributed by atoms with E-state index in [2.05, 4.69) is 4.74 Å². The van der Waals surface area contributed by atoms with Crippen LogP contribution in [0.5, 0.6) is 0 Å². The number of ether oxygens (including phenoxy) is 1. The van der Waals surface area contributed by atoms with Crippen molar-refractivity contribution in [2.45, 2.75) is 18.9 Å². The zero-order chi connectivity index (χ0) is 10.8. The van der Waals surface area contributed by atoms with Gasteiger partial charge in [-0.05, 0) is 36.5 Å². The summed E-state index contributed by atoms with van der Waals surface area (Å²) in [4.78, 5) is 11.3. The highest BCUT2D eigenvalue weighted by Crippen LogP contribution is 2.40. The third kappa shape index (κ3) is 2.18. The van der Waals surface area contributed by atoms with E-state index in [-0.39, 0.29) is 5.97 Å². The van der Waals surface area contributed by atoms with E-state index in [1.165, 1.54) is 7.11 Å². The lowest BCUT2D eigenvalue weighted by atomic mass is 10.0. The second-order valence-corrected chi connectivity index (χ2v) is 3.90. The fourth-order valence-electron chi connectivity index (χ4n) is 1.65. The normalized spacial score (nSPS) is 17.2. The van der Waals surface area contributed by atoms with Gasteiger partial charge in [-0.1, -0.05) is 12.1 Å². The van der Waals surface area contributed by atoms with Gasteiger partial charge in [0.15, 0.2) is 0 Å². The molecule has 1 saturated carbocycles. The van der Waals surface area contributed by atoms with Crippen molar-refractivity contribution in [2.75, 3.05) is 7.11 Å². The van der Waals surface area contributed by atoms with Crippen molar-refractivity contribution in [3.05, 3.63) is 35.4 Å². The quantitative estimate of drug-likeness (QED) is 0.768. The Hall–Kier alpha value is -1.35. The van der Waals surface area contributed by atoms with Crippen LogP contribution >= 0.6 is 0 Å². The van der Waals surface area contributed by atoms with Gasteiger partial charge in [0.25, 0.3) is 0 Å². The maximum Gasteiger partial charge on any atom is 0.337 e. The van der Waals surface area contributed by atoms with E-state index in [4.69, 9.17) is 0 Å². The zero-order valence-corrected chi connectivity index (χ0v) is 8.64. The van der Waals surface area contributed by atoms with E-state index in [0.29, 0.717) is 11.5 Å². The Bertz CT molecular complexity index is 369. The van der Waals surface area contributed by atoms with Crippen LogP contribution in [0.25, 0.3) is 0 Å². The van der Waals surface area contributed by atoms with Gasteiger partial charge >= 0.3 is 5.97 Å². The van der Waals surface area contributed by atoms with E-state index in [0.717, 1.165) is 18.4 Å². The number of aliphatic hydroxyl groups excluding tert-OH is 1. The van der Waals surface area contributed by atoms with Crippen LogP contribution in [0, 0.1) is 5.92 Å². The fourth-order valence-corrected chi connectivity index (χ4v) is 1.65. The SMILES string of the molecule is COC(=O)c1cccc(C(O)C2CC2)c1. The Labute approximate surface area is 88.7 Å². The van der Waals surface area contributed by atoms with E-state index >= 15 is 0 Å². The lowest BCUT2D eigenvalue weighted by Crippen LogP contribution is -2.04. The molecule has 0 aliphatic heterocycles. The summed E-state index contributed by atoms with van der Waals surface area (Å²) in [6.45, 7) is 0. The highest BCUT2D eigenvalue weighted by atomic mass is 16.5. The molecule has 15 heavy (non-hydrogen) atoms. The van der Waals surface area contributed by atoms with E-state index < -0.39 is 6.10 Å². The summed E-state index contributed by atoms with van der Waals surface area (Å²) >= 11 is 0. The van der Waals surface area contributed by atoms with Crippen LogP contribution in [0.2, 0.25) is 0 Å². The van der Waals surface area contributed by atoms with Gasteiger partial charge in [-0.2, -0.15) is 0 Å². The highest BCUT2D eigenvalue weighted by molar-refractivity contribution is 5.89. The minimum Gasteiger partial charge on any atom is -0.465 e. The standard InChI is InChI=1S/C12H14O3/c1-15-12(14)10-4-2-3-9(7-10)11(13)8-5-6-8/h2-4,7-8,11,13H,5-6H2,1H3. The van der Waals surface area contributed by atoms with Crippen LogP contribution in [-0.2, 0) is 4.74 Å². The summed E-state index contributed by atoms with van der Waals surface area (Å²) < 4.78 is 4.63. The Morgan fingerprint density at radius 1 is 1.53 bits per heavy atom. The number of carbonyl (C=O) groups excluding carboxylic acids is 1. The maximum atomic E-state index is 11.3. The van der Waals surface area contributed by atoms with Crippen LogP contribution in [0.4, 0.5) is 0 Å². The molecule has 2 rings (SSSR count). The summed E-state index contributed by atoms with van der Waals surface area (Å²) in [5, 5.41) is 9.89. The molecule has 0 aromatic heterocycles. The molecule has 1 fully saturated rings. The topological polar surface area (TPSA) is 46.5 Å². The number of hydrogen-bond donors (Lipinski definition) is 1. The fraction of sp³-hybridized carbons (Fsp3) is 0.417. The van der Waals surface area contributed by atoms with Crippen LogP contribution in [0.3, 0.4) is 0 Å². The number of esters is 1. The Morgan fingerprint density at radius 3 is 2.87 bits per heavy atom. The van der Waals surface area contributed by atoms with Gasteiger partial charge in [0.1, 0.15) is 0 Å². The maximum absolute atomic E-state index is 11.3. The molecule has 1 aliphatic rings. The van der Waals surface area contributed by atoms with Gasteiger partial charge in [-0.3, -0.25) is 0 Å². The Balaban J connectivity index is 2.21. The van der Waals surface area contributed by atoms with Crippen molar-refractivity contribution in [2.24, 2.45) is 5.92 Å². The average Bonchev–Trinajstić information content (AvgIpc) is 3.11. The monoisotopic (exact) mass is 206 g/mol. The average molecular weight is 206 g/mol. The first-order chi connectivity index (χ1) is 7.22. The van der Waals surface area contributed by atoms with E-state index in [1.54, 1.807) is 18.2 Å². The number of carbonyl (C=O) groups is 1. The van der Waals surface area contributed by atoms with Crippen LogP contribution in [0.1, 0.15) is 34.9 Å². The first kappa shape index (κ1) is 10.2. The van der Waals surface area contributed by atoms with E-state index in [9.17, 15) is 9.90 Å². The van der Waals surface area contributed by atoms with Crippen molar-refractivity contribution in [3.63, 3.8) is 0 Å². The summed E-state index contributed by atoms with van der Waals surface area (Å²) in [5.41, 5.74) is 1.30. The molecule has 1 aromatic rings. The van der Waals surface area contributed by atoms with Crippen molar-refractivity contribution < 1.29 is 14.6 Å². The number of benzene rings is 1. The lowest BCUT2D eigenvalue weighted by molar-refractivity contribution is 0.0600. The Kier molecular flexibility index (Phi) is 2.73. The first-order valence-corrected chi connectivity index (χ1v) is 5.08. The minimum absolute atomic E-state index is 0.361. The second kappa shape index (κ2) is 4.03. The molecule has 3 nitrogen and oxygen atoms in total. The zero-order valence-electron chi connectivity index (χ0n) is 8.64. The summed E-state index contributed by atoms with van der Waals surface area (Å²) in [7, 11) is 1.35. The summed E-state index contributed by atoms with van der Waals surface area (Å²) in [5.74, 6) is 0.0118. The number of aliphatic hydroxyl groups is 1. The van der Waals surface area contributed by atoms with Crippen LogP contribution in [-0.4, -0.2) is 18.2 Å². The van der Waals surface area contributed by atoms with Gasteiger partial charge in [-0.25, -0.2) is 4.79 Å². The molecule has 1 atom stereocenters. The highest BCUT2D eigenvalue weighted by Gasteiger charge is 2.30. The lowest BCUT2D eigenvalue weighted by Gasteiger charge is -2.10. The molecule has 0 saturated heterocycles. The molecule has 0 bridgehead atoms. The number of hydrogen-bond acceptors (Lipinski definition) is 3. The number of rotatable bonds is 3. The molecule has 0 spiro atoms. The molecule has 1 N–H and O–H groups in total. The summed E-state index contributed by atoms with van der Waals surface area (Å²) in [6.07, 6.45) is 1.71. The molecule has 80 valence electrons. The molecular formula is C12H14O3. The second-order valence-electron chi connectivity index (χ2n) is 3.90. The number of methoxy groups -OCH3 is 1. The van der Waals surface area contributed by atoms with Gasteiger partial charge in [0, 0.05) is 0 Å². The van der Waals surface area contributed by atoms with Gasteiger partial charge < -0.3 is 9.84 Å². The summed E-state index contributed by atoms with van der Waals surface area (Å²) in [6, 6.07) is 7.01.